The van der Waals surface area contributed by atoms with Crippen molar-refractivity contribution in [2.75, 3.05) is 46.9 Å². The second-order valence-corrected chi connectivity index (χ2v) is 7.33. The highest BCUT2D eigenvalue weighted by atomic mass is 127. The lowest BCUT2D eigenvalue weighted by atomic mass is 10.1. The Hall–Kier alpha value is -2.08. The van der Waals surface area contributed by atoms with Crippen molar-refractivity contribution in [3.8, 4) is 11.5 Å². The molecular weight excluding hydrogens is 509 g/mol. The van der Waals surface area contributed by atoms with Gasteiger partial charge >= 0.3 is 0 Å². The predicted octanol–water partition coefficient (Wildman–Crippen LogP) is 2.04. The van der Waals surface area contributed by atoms with E-state index in [1.54, 1.807) is 14.2 Å². The molecular formula is C21H34IN7O2. The van der Waals surface area contributed by atoms with Crippen LogP contribution in [0.1, 0.15) is 24.1 Å². The van der Waals surface area contributed by atoms with Gasteiger partial charge in [0.1, 0.15) is 23.9 Å². The van der Waals surface area contributed by atoms with Crippen molar-refractivity contribution in [2.45, 2.75) is 26.9 Å². The number of piperazine rings is 1. The molecule has 0 spiro atoms. The summed E-state index contributed by atoms with van der Waals surface area (Å²) in [5.41, 5.74) is 1.14. The monoisotopic (exact) mass is 543 g/mol. The van der Waals surface area contributed by atoms with Crippen LogP contribution >= 0.6 is 24.0 Å². The predicted molar refractivity (Wildman–Crippen MR) is 132 cm³/mol. The van der Waals surface area contributed by atoms with Crippen molar-refractivity contribution >= 4 is 29.9 Å². The summed E-state index contributed by atoms with van der Waals surface area (Å²) in [6.07, 6.45) is 0. The van der Waals surface area contributed by atoms with Gasteiger partial charge in [-0.1, -0.05) is 0 Å². The number of methoxy groups -OCH3 is 2. The Kier molecular flexibility index (Phi) is 9.82. The van der Waals surface area contributed by atoms with Crippen molar-refractivity contribution in [1.82, 2.24) is 29.9 Å². The lowest BCUT2D eigenvalue weighted by Crippen LogP contribution is -2.52. The second kappa shape index (κ2) is 12.1. The summed E-state index contributed by atoms with van der Waals surface area (Å²) in [7, 11) is 5.37. The molecule has 1 saturated heterocycles. The van der Waals surface area contributed by atoms with E-state index in [4.69, 9.17) is 14.5 Å². The standard InChI is InChI=1S/C21H33N7O2.HI/c1-6-22-21(23-14-20-25-24-16(2)26(20)3)28-11-9-27(10-12-28)15-17-13-18(29-4)7-8-19(17)30-5;/h7-8,13H,6,9-12,14-15H2,1-5H3,(H,22,23);1H. The van der Waals surface area contributed by atoms with Gasteiger partial charge in [0.05, 0.1) is 14.2 Å². The molecule has 0 radical (unpaired) electrons. The van der Waals surface area contributed by atoms with Gasteiger partial charge in [-0.05, 0) is 32.0 Å². The Balaban J connectivity index is 0.00000341. The number of aryl methyl sites for hydroxylation is 1. The fourth-order valence-electron chi connectivity index (χ4n) is 3.52. The molecule has 1 N–H and O–H groups in total. The molecule has 31 heavy (non-hydrogen) atoms. The minimum atomic E-state index is 0. The van der Waals surface area contributed by atoms with E-state index in [0.717, 1.165) is 73.9 Å². The van der Waals surface area contributed by atoms with Crippen LogP contribution in [-0.2, 0) is 20.1 Å². The Morgan fingerprint density at radius 2 is 1.87 bits per heavy atom. The van der Waals surface area contributed by atoms with Crippen molar-refractivity contribution in [3.05, 3.63) is 35.4 Å². The average molecular weight is 543 g/mol. The van der Waals surface area contributed by atoms with Gasteiger partial charge in [-0.15, -0.1) is 34.2 Å². The van der Waals surface area contributed by atoms with Gasteiger partial charge in [0.25, 0.3) is 0 Å². The van der Waals surface area contributed by atoms with Gasteiger partial charge in [0, 0.05) is 51.9 Å². The molecule has 1 aliphatic heterocycles. The number of aliphatic imine (C=N–C) groups is 1. The number of rotatable bonds is 7. The molecule has 1 aromatic heterocycles. The highest BCUT2D eigenvalue weighted by Gasteiger charge is 2.21. The molecule has 1 aliphatic rings. The number of benzene rings is 1. The van der Waals surface area contributed by atoms with E-state index < -0.39 is 0 Å². The molecule has 0 unspecified atom stereocenters. The first-order valence-electron chi connectivity index (χ1n) is 10.4. The number of halogens is 1. The minimum absolute atomic E-state index is 0. The summed E-state index contributed by atoms with van der Waals surface area (Å²) >= 11 is 0. The van der Waals surface area contributed by atoms with Crippen molar-refractivity contribution in [3.63, 3.8) is 0 Å². The van der Waals surface area contributed by atoms with Crippen LogP contribution in [0.2, 0.25) is 0 Å². The first kappa shape index (κ1) is 25.2. The van der Waals surface area contributed by atoms with Crippen molar-refractivity contribution in [1.29, 1.82) is 0 Å². The number of guanidine groups is 1. The molecule has 2 aromatic rings. The first-order chi connectivity index (χ1) is 14.5. The number of hydrogen-bond acceptors (Lipinski definition) is 6. The Bertz CT molecular complexity index is 863. The molecule has 3 rings (SSSR count). The lowest BCUT2D eigenvalue weighted by Gasteiger charge is -2.36. The van der Waals surface area contributed by atoms with Gasteiger partial charge in [-0.2, -0.15) is 0 Å². The lowest BCUT2D eigenvalue weighted by molar-refractivity contribution is 0.171. The Morgan fingerprint density at radius 3 is 2.45 bits per heavy atom. The number of aromatic nitrogens is 3. The quantitative estimate of drug-likeness (QED) is 0.326. The topological polar surface area (TPSA) is 80.0 Å². The molecule has 1 fully saturated rings. The molecule has 2 heterocycles. The summed E-state index contributed by atoms with van der Waals surface area (Å²) < 4.78 is 12.9. The van der Waals surface area contributed by atoms with E-state index in [9.17, 15) is 0 Å². The highest BCUT2D eigenvalue weighted by Crippen LogP contribution is 2.25. The molecule has 10 heteroatoms. The van der Waals surface area contributed by atoms with E-state index in [2.05, 4.69) is 38.3 Å². The molecule has 0 aliphatic carbocycles. The highest BCUT2D eigenvalue weighted by molar-refractivity contribution is 14.0. The van der Waals surface area contributed by atoms with E-state index in [0.29, 0.717) is 6.54 Å². The van der Waals surface area contributed by atoms with E-state index in [1.165, 1.54) is 0 Å². The second-order valence-electron chi connectivity index (χ2n) is 7.33. The maximum atomic E-state index is 5.53. The van der Waals surface area contributed by atoms with Crippen LogP contribution in [0.4, 0.5) is 0 Å². The van der Waals surface area contributed by atoms with Crippen LogP contribution in [0, 0.1) is 6.92 Å². The molecule has 9 nitrogen and oxygen atoms in total. The first-order valence-corrected chi connectivity index (χ1v) is 10.4. The maximum absolute atomic E-state index is 5.53. The number of ether oxygens (including phenoxy) is 2. The maximum Gasteiger partial charge on any atom is 0.194 e. The number of hydrogen-bond donors (Lipinski definition) is 1. The third-order valence-electron chi connectivity index (χ3n) is 5.44. The summed E-state index contributed by atoms with van der Waals surface area (Å²) in [5.74, 6) is 4.44. The van der Waals surface area contributed by atoms with E-state index in [1.807, 2.05) is 30.7 Å². The minimum Gasteiger partial charge on any atom is -0.497 e. The van der Waals surface area contributed by atoms with Crippen LogP contribution in [0.5, 0.6) is 11.5 Å². The summed E-state index contributed by atoms with van der Waals surface area (Å²) in [6, 6.07) is 5.95. The van der Waals surface area contributed by atoms with Gasteiger partial charge in [0.2, 0.25) is 0 Å². The zero-order chi connectivity index (χ0) is 21.5. The van der Waals surface area contributed by atoms with Crippen LogP contribution in [-0.4, -0.2) is 77.5 Å². The van der Waals surface area contributed by atoms with E-state index in [-0.39, 0.29) is 24.0 Å². The van der Waals surface area contributed by atoms with Gasteiger partial charge < -0.3 is 24.3 Å². The van der Waals surface area contributed by atoms with Crippen LogP contribution in [0.15, 0.2) is 23.2 Å². The average Bonchev–Trinajstić information content (AvgIpc) is 3.09. The third kappa shape index (κ3) is 6.45. The van der Waals surface area contributed by atoms with Crippen LogP contribution < -0.4 is 14.8 Å². The van der Waals surface area contributed by atoms with Gasteiger partial charge in [-0.3, -0.25) is 4.90 Å². The summed E-state index contributed by atoms with van der Waals surface area (Å²) in [6.45, 7) is 9.95. The van der Waals surface area contributed by atoms with Crippen molar-refractivity contribution < 1.29 is 9.47 Å². The van der Waals surface area contributed by atoms with Crippen LogP contribution in [0.25, 0.3) is 0 Å². The van der Waals surface area contributed by atoms with E-state index >= 15 is 0 Å². The Morgan fingerprint density at radius 1 is 1.13 bits per heavy atom. The molecule has 0 saturated carbocycles. The van der Waals surface area contributed by atoms with Gasteiger partial charge in [0.15, 0.2) is 11.8 Å². The number of nitrogens with one attached hydrogen (secondary N) is 1. The largest absolute Gasteiger partial charge is 0.497 e. The molecule has 0 amide bonds. The summed E-state index contributed by atoms with van der Waals surface area (Å²) in [5, 5.41) is 11.7. The fourth-order valence-corrected chi connectivity index (χ4v) is 3.52. The molecule has 1 aromatic carbocycles. The zero-order valence-corrected chi connectivity index (χ0v) is 21.4. The smallest absolute Gasteiger partial charge is 0.194 e. The SMILES string of the molecule is CCNC(=NCc1nnc(C)n1C)N1CCN(Cc2cc(OC)ccc2OC)CC1.I. The Labute approximate surface area is 201 Å². The molecule has 0 bridgehead atoms. The molecule has 0 atom stereocenters. The zero-order valence-electron chi connectivity index (χ0n) is 19.1. The van der Waals surface area contributed by atoms with Gasteiger partial charge in [-0.25, -0.2) is 4.99 Å². The molecule has 172 valence electrons. The number of nitrogens with zero attached hydrogens (tertiary/aromatic N) is 6. The fraction of sp³-hybridized carbons (Fsp3) is 0.571. The summed E-state index contributed by atoms with van der Waals surface area (Å²) in [4.78, 5) is 9.54. The van der Waals surface area contributed by atoms with Crippen LogP contribution in [0.3, 0.4) is 0 Å². The normalized spacial score (nSPS) is 14.9. The third-order valence-corrected chi connectivity index (χ3v) is 5.44. The van der Waals surface area contributed by atoms with Crippen molar-refractivity contribution in [2.24, 2.45) is 12.0 Å².